The van der Waals surface area contributed by atoms with Crippen molar-refractivity contribution in [1.29, 1.82) is 0 Å². The van der Waals surface area contributed by atoms with Crippen LogP contribution in [-0.2, 0) is 6.42 Å². The van der Waals surface area contributed by atoms with Crippen LogP contribution in [0.3, 0.4) is 0 Å². The number of hydrogen-bond acceptors (Lipinski definition) is 2. The minimum absolute atomic E-state index is 0.194. The molecule has 1 heterocycles. The fourth-order valence-electron chi connectivity index (χ4n) is 2.80. The lowest BCUT2D eigenvalue weighted by Crippen LogP contribution is -2.51. The van der Waals surface area contributed by atoms with Crippen LogP contribution in [0.1, 0.15) is 39.2 Å². The van der Waals surface area contributed by atoms with Gasteiger partial charge in [-0.3, -0.25) is 0 Å². The van der Waals surface area contributed by atoms with Gasteiger partial charge in [0.25, 0.3) is 0 Å². The molecular weight excluding hydrogens is 222 g/mol. The van der Waals surface area contributed by atoms with Crippen LogP contribution in [0, 0.1) is 5.92 Å². The zero-order valence-corrected chi connectivity index (χ0v) is 11.8. The summed E-state index contributed by atoms with van der Waals surface area (Å²) in [4.78, 5) is 2.46. The Bertz CT molecular complexity index is 383. The van der Waals surface area contributed by atoms with E-state index in [1.165, 1.54) is 11.3 Å². The number of rotatable bonds is 3. The maximum Gasteiger partial charge on any atom is 0.0476 e. The van der Waals surface area contributed by atoms with E-state index in [-0.39, 0.29) is 5.54 Å². The van der Waals surface area contributed by atoms with Crippen LogP contribution in [0.4, 0.5) is 5.69 Å². The molecule has 2 rings (SSSR count). The summed E-state index contributed by atoms with van der Waals surface area (Å²) in [6, 6.07) is 8.88. The van der Waals surface area contributed by atoms with Crippen molar-refractivity contribution in [1.82, 2.24) is 0 Å². The maximum absolute atomic E-state index is 9.38. The van der Waals surface area contributed by atoms with Crippen molar-refractivity contribution in [3.05, 3.63) is 29.8 Å². The Morgan fingerprint density at radius 1 is 1.28 bits per heavy atom. The number of anilines is 1. The van der Waals surface area contributed by atoms with E-state index in [0.29, 0.717) is 12.5 Å². The SMILES string of the molecule is CCc1ccc(N2CC(CO)CCC2(C)C)cc1. The summed E-state index contributed by atoms with van der Waals surface area (Å²) < 4.78 is 0. The van der Waals surface area contributed by atoms with Gasteiger partial charge in [0.05, 0.1) is 0 Å². The second kappa shape index (κ2) is 5.31. The highest BCUT2D eigenvalue weighted by molar-refractivity contribution is 5.50. The van der Waals surface area contributed by atoms with Gasteiger partial charge in [0.15, 0.2) is 0 Å². The first-order chi connectivity index (χ1) is 8.56. The highest BCUT2D eigenvalue weighted by Gasteiger charge is 2.33. The van der Waals surface area contributed by atoms with E-state index in [9.17, 15) is 5.11 Å². The van der Waals surface area contributed by atoms with Crippen LogP contribution in [0.25, 0.3) is 0 Å². The summed E-state index contributed by atoms with van der Waals surface area (Å²) in [6.07, 6.45) is 3.36. The molecule has 0 bridgehead atoms. The average molecular weight is 247 g/mol. The van der Waals surface area contributed by atoms with Crippen molar-refractivity contribution < 1.29 is 5.11 Å². The van der Waals surface area contributed by atoms with Crippen LogP contribution in [0.5, 0.6) is 0 Å². The quantitative estimate of drug-likeness (QED) is 0.886. The molecule has 0 spiro atoms. The zero-order valence-electron chi connectivity index (χ0n) is 11.8. The van der Waals surface area contributed by atoms with E-state index in [2.05, 4.69) is 49.9 Å². The molecular formula is C16H25NO. The van der Waals surface area contributed by atoms with Crippen molar-refractivity contribution >= 4 is 5.69 Å². The number of hydrogen-bond donors (Lipinski definition) is 1. The summed E-state index contributed by atoms with van der Waals surface area (Å²) in [6.45, 7) is 8.05. The van der Waals surface area contributed by atoms with E-state index in [1.54, 1.807) is 0 Å². The van der Waals surface area contributed by atoms with Crippen molar-refractivity contribution in [3.63, 3.8) is 0 Å². The molecule has 1 aromatic rings. The van der Waals surface area contributed by atoms with Gasteiger partial charge in [0.1, 0.15) is 0 Å². The normalized spacial score (nSPS) is 23.1. The van der Waals surface area contributed by atoms with E-state index in [1.807, 2.05) is 0 Å². The molecule has 0 aromatic heterocycles. The fourth-order valence-corrected chi connectivity index (χ4v) is 2.80. The standard InChI is InChI=1S/C16H25NO/c1-4-13-5-7-15(8-6-13)17-11-14(12-18)9-10-16(17,2)3/h5-8,14,18H,4,9-12H2,1-3H3. The minimum Gasteiger partial charge on any atom is -0.396 e. The van der Waals surface area contributed by atoms with Crippen LogP contribution in [0.2, 0.25) is 0 Å². The second-order valence-electron chi connectivity index (χ2n) is 6.03. The number of aryl methyl sites for hydroxylation is 1. The first-order valence-electron chi connectivity index (χ1n) is 7.04. The predicted molar refractivity (Wildman–Crippen MR) is 77.1 cm³/mol. The van der Waals surface area contributed by atoms with Crippen molar-refractivity contribution in [2.24, 2.45) is 5.92 Å². The number of aliphatic hydroxyl groups is 1. The smallest absolute Gasteiger partial charge is 0.0476 e. The van der Waals surface area contributed by atoms with E-state index in [0.717, 1.165) is 25.8 Å². The molecule has 1 aliphatic heterocycles. The Morgan fingerprint density at radius 3 is 2.50 bits per heavy atom. The molecule has 2 heteroatoms. The molecule has 1 saturated heterocycles. The molecule has 0 amide bonds. The summed E-state index contributed by atoms with van der Waals surface area (Å²) in [5.74, 6) is 0.420. The third-order valence-electron chi connectivity index (χ3n) is 4.25. The number of piperidine rings is 1. The summed E-state index contributed by atoms with van der Waals surface area (Å²) >= 11 is 0. The number of nitrogens with zero attached hydrogens (tertiary/aromatic N) is 1. The molecule has 1 fully saturated rings. The van der Waals surface area contributed by atoms with E-state index in [4.69, 9.17) is 0 Å². The van der Waals surface area contributed by atoms with Crippen LogP contribution < -0.4 is 4.90 Å². The van der Waals surface area contributed by atoms with Crippen LogP contribution >= 0.6 is 0 Å². The number of aliphatic hydroxyl groups excluding tert-OH is 1. The Labute approximate surface area is 111 Å². The zero-order chi connectivity index (χ0) is 13.2. The Morgan fingerprint density at radius 2 is 1.94 bits per heavy atom. The van der Waals surface area contributed by atoms with Gasteiger partial charge < -0.3 is 10.0 Å². The van der Waals surface area contributed by atoms with Gasteiger partial charge in [-0.25, -0.2) is 0 Å². The predicted octanol–water partition coefficient (Wildman–Crippen LogP) is 3.24. The molecule has 100 valence electrons. The van der Waals surface area contributed by atoms with Crippen molar-refractivity contribution in [2.75, 3.05) is 18.1 Å². The van der Waals surface area contributed by atoms with Crippen LogP contribution in [0.15, 0.2) is 24.3 Å². The second-order valence-corrected chi connectivity index (χ2v) is 6.03. The van der Waals surface area contributed by atoms with Crippen LogP contribution in [-0.4, -0.2) is 23.8 Å². The molecule has 2 nitrogen and oxygen atoms in total. The Kier molecular flexibility index (Phi) is 3.96. The van der Waals surface area contributed by atoms with Crippen molar-refractivity contribution in [3.8, 4) is 0 Å². The molecule has 0 aliphatic carbocycles. The molecule has 0 saturated carbocycles. The third kappa shape index (κ3) is 2.69. The highest BCUT2D eigenvalue weighted by Crippen LogP contribution is 2.34. The molecule has 0 radical (unpaired) electrons. The lowest BCUT2D eigenvalue weighted by molar-refractivity contribution is 0.181. The molecule has 1 N–H and O–H groups in total. The Balaban J connectivity index is 2.21. The lowest BCUT2D eigenvalue weighted by Gasteiger charge is -2.47. The van der Waals surface area contributed by atoms with E-state index < -0.39 is 0 Å². The first kappa shape index (κ1) is 13.4. The van der Waals surface area contributed by atoms with Gasteiger partial charge >= 0.3 is 0 Å². The Hall–Kier alpha value is -1.02. The summed E-state index contributed by atoms with van der Waals surface area (Å²) in [5.41, 5.74) is 2.86. The van der Waals surface area contributed by atoms with Gasteiger partial charge in [0.2, 0.25) is 0 Å². The van der Waals surface area contributed by atoms with Crippen molar-refractivity contribution in [2.45, 2.75) is 45.6 Å². The molecule has 1 aromatic carbocycles. The average Bonchev–Trinajstić information content (AvgIpc) is 2.39. The first-order valence-corrected chi connectivity index (χ1v) is 7.04. The lowest BCUT2D eigenvalue weighted by atomic mass is 9.84. The van der Waals surface area contributed by atoms with E-state index >= 15 is 0 Å². The monoisotopic (exact) mass is 247 g/mol. The number of benzene rings is 1. The van der Waals surface area contributed by atoms with Gasteiger partial charge in [0, 0.05) is 24.4 Å². The molecule has 1 aliphatic rings. The molecule has 18 heavy (non-hydrogen) atoms. The topological polar surface area (TPSA) is 23.5 Å². The largest absolute Gasteiger partial charge is 0.396 e. The highest BCUT2D eigenvalue weighted by atomic mass is 16.3. The summed E-state index contributed by atoms with van der Waals surface area (Å²) in [7, 11) is 0. The molecule has 1 atom stereocenters. The molecule has 1 unspecified atom stereocenters. The summed E-state index contributed by atoms with van der Waals surface area (Å²) in [5, 5.41) is 9.38. The van der Waals surface area contributed by atoms with Gasteiger partial charge in [-0.15, -0.1) is 0 Å². The third-order valence-corrected chi connectivity index (χ3v) is 4.25. The van der Waals surface area contributed by atoms with Gasteiger partial charge in [-0.05, 0) is 56.7 Å². The maximum atomic E-state index is 9.38. The fraction of sp³-hybridized carbons (Fsp3) is 0.625. The van der Waals surface area contributed by atoms with Gasteiger partial charge in [-0.2, -0.15) is 0 Å². The van der Waals surface area contributed by atoms with Gasteiger partial charge in [-0.1, -0.05) is 19.1 Å². The minimum atomic E-state index is 0.194.